The summed E-state index contributed by atoms with van der Waals surface area (Å²) in [5.41, 5.74) is 2.34. The lowest BCUT2D eigenvalue weighted by Gasteiger charge is -1.98. The molecule has 0 unspecified atom stereocenters. The molecule has 0 heterocycles. The van der Waals surface area contributed by atoms with Gasteiger partial charge in [0.25, 0.3) is 0 Å². The van der Waals surface area contributed by atoms with Crippen molar-refractivity contribution in [3.8, 4) is 11.8 Å². The van der Waals surface area contributed by atoms with Gasteiger partial charge in [0.05, 0.1) is 5.75 Å². The number of carbonyl (C=O) groups is 1. The summed E-state index contributed by atoms with van der Waals surface area (Å²) in [5, 5.41) is 0.119. The van der Waals surface area contributed by atoms with E-state index in [2.05, 4.69) is 24.8 Å². The highest BCUT2D eigenvalue weighted by molar-refractivity contribution is 8.13. The molecule has 1 aromatic rings. The number of rotatable bonds is 2. The first-order valence-electron chi connectivity index (χ1n) is 4.94. The maximum absolute atomic E-state index is 10.7. The third-order valence-corrected chi connectivity index (χ3v) is 2.66. The van der Waals surface area contributed by atoms with Crippen LogP contribution < -0.4 is 0 Å². The summed E-state index contributed by atoms with van der Waals surface area (Å²) in [5.74, 6) is 6.67. The van der Waals surface area contributed by atoms with Crippen LogP contribution in [-0.2, 0) is 11.2 Å². The van der Waals surface area contributed by atoms with Gasteiger partial charge < -0.3 is 0 Å². The Morgan fingerprint density at radius 2 is 2.13 bits per heavy atom. The van der Waals surface area contributed by atoms with E-state index < -0.39 is 0 Å². The van der Waals surface area contributed by atoms with Crippen molar-refractivity contribution < 1.29 is 4.79 Å². The van der Waals surface area contributed by atoms with E-state index in [0.717, 1.165) is 12.0 Å². The van der Waals surface area contributed by atoms with Crippen molar-refractivity contribution in [3.63, 3.8) is 0 Å². The molecular weight excluding hydrogens is 204 g/mol. The zero-order chi connectivity index (χ0) is 11.1. The first-order valence-corrected chi connectivity index (χ1v) is 5.92. The molecule has 0 bridgehead atoms. The van der Waals surface area contributed by atoms with Crippen LogP contribution in [0.4, 0.5) is 0 Å². The predicted octanol–water partition coefficient (Wildman–Crippen LogP) is 2.88. The van der Waals surface area contributed by atoms with Crippen LogP contribution >= 0.6 is 11.8 Å². The second-order valence-electron chi connectivity index (χ2n) is 3.09. The monoisotopic (exact) mass is 218 g/mol. The highest BCUT2D eigenvalue weighted by atomic mass is 32.2. The standard InChI is InChI=1S/C13H14OS/c1-3-12-7-4-5-8-13(12)9-6-10-15-11(2)14/h4-5,7-8H,3,10H2,1-2H3. The Bertz CT molecular complexity index is 398. The molecule has 1 nitrogen and oxygen atoms in total. The van der Waals surface area contributed by atoms with Gasteiger partial charge in [0.1, 0.15) is 0 Å². The van der Waals surface area contributed by atoms with Gasteiger partial charge in [-0.15, -0.1) is 0 Å². The summed E-state index contributed by atoms with van der Waals surface area (Å²) in [4.78, 5) is 10.7. The molecular formula is C13H14OS. The third-order valence-electron chi connectivity index (χ3n) is 1.97. The lowest BCUT2D eigenvalue weighted by molar-refractivity contribution is -0.109. The van der Waals surface area contributed by atoms with E-state index in [-0.39, 0.29) is 5.12 Å². The fourth-order valence-corrected chi connectivity index (χ4v) is 1.57. The van der Waals surface area contributed by atoms with Gasteiger partial charge in [0.15, 0.2) is 5.12 Å². The normalized spacial score (nSPS) is 9.20. The number of thioether (sulfide) groups is 1. The number of hydrogen-bond acceptors (Lipinski definition) is 2. The summed E-state index contributed by atoms with van der Waals surface area (Å²) in [7, 11) is 0. The average Bonchev–Trinajstić information content (AvgIpc) is 2.24. The number of benzene rings is 1. The number of hydrogen-bond donors (Lipinski definition) is 0. The quantitative estimate of drug-likeness (QED) is 0.710. The Kier molecular flexibility index (Phi) is 5.00. The summed E-state index contributed by atoms with van der Waals surface area (Å²) in [6.07, 6.45) is 0.991. The molecule has 0 aliphatic carbocycles. The molecule has 2 heteroatoms. The summed E-state index contributed by atoms with van der Waals surface area (Å²) in [6.45, 7) is 3.68. The minimum absolute atomic E-state index is 0.119. The molecule has 1 rings (SSSR count). The first kappa shape index (κ1) is 11.9. The lowest BCUT2D eigenvalue weighted by atomic mass is 10.1. The molecule has 0 amide bonds. The molecule has 0 saturated heterocycles. The van der Waals surface area contributed by atoms with Crippen LogP contribution in [0.5, 0.6) is 0 Å². The fraction of sp³-hybridized carbons (Fsp3) is 0.308. The van der Waals surface area contributed by atoms with E-state index in [1.807, 2.05) is 18.2 Å². The summed E-state index contributed by atoms with van der Waals surface area (Å²) < 4.78 is 0. The van der Waals surface area contributed by atoms with Crippen molar-refractivity contribution in [2.24, 2.45) is 0 Å². The molecule has 0 fully saturated rings. The van der Waals surface area contributed by atoms with Gasteiger partial charge in [-0.2, -0.15) is 0 Å². The van der Waals surface area contributed by atoms with Gasteiger partial charge >= 0.3 is 0 Å². The van der Waals surface area contributed by atoms with Gasteiger partial charge in [-0.05, 0) is 18.1 Å². The highest BCUT2D eigenvalue weighted by Gasteiger charge is 1.94. The van der Waals surface area contributed by atoms with E-state index >= 15 is 0 Å². The minimum Gasteiger partial charge on any atom is -0.288 e. The van der Waals surface area contributed by atoms with E-state index in [0.29, 0.717) is 5.75 Å². The Morgan fingerprint density at radius 3 is 2.80 bits per heavy atom. The summed E-state index contributed by atoms with van der Waals surface area (Å²) in [6, 6.07) is 8.11. The van der Waals surface area contributed by atoms with Gasteiger partial charge in [-0.1, -0.05) is 48.7 Å². The van der Waals surface area contributed by atoms with Crippen LogP contribution in [0.2, 0.25) is 0 Å². The van der Waals surface area contributed by atoms with E-state index in [4.69, 9.17) is 0 Å². The molecule has 78 valence electrons. The minimum atomic E-state index is 0.119. The molecule has 0 radical (unpaired) electrons. The van der Waals surface area contributed by atoms with E-state index in [1.54, 1.807) is 6.92 Å². The first-order chi connectivity index (χ1) is 7.24. The second-order valence-corrected chi connectivity index (χ2v) is 4.24. The maximum Gasteiger partial charge on any atom is 0.186 e. The molecule has 0 aliphatic heterocycles. The maximum atomic E-state index is 10.7. The largest absolute Gasteiger partial charge is 0.288 e. The lowest BCUT2D eigenvalue weighted by Crippen LogP contribution is -1.87. The molecule has 0 aromatic heterocycles. The van der Waals surface area contributed by atoms with Crippen molar-refractivity contribution >= 4 is 16.9 Å². The molecule has 0 aliphatic rings. The summed E-state index contributed by atoms with van der Waals surface area (Å²) >= 11 is 1.25. The van der Waals surface area contributed by atoms with Gasteiger partial charge in [0, 0.05) is 12.5 Å². The van der Waals surface area contributed by atoms with Crippen molar-refractivity contribution in [2.45, 2.75) is 20.3 Å². The van der Waals surface area contributed by atoms with Crippen LogP contribution in [0.3, 0.4) is 0 Å². The molecule has 0 spiro atoms. The van der Waals surface area contributed by atoms with Crippen LogP contribution in [0, 0.1) is 11.8 Å². The smallest absolute Gasteiger partial charge is 0.186 e. The van der Waals surface area contributed by atoms with Crippen molar-refractivity contribution in [1.82, 2.24) is 0 Å². The van der Waals surface area contributed by atoms with Crippen LogP contribution in [0.25, 0.3) is 0 Å². The zero-order valence-electron chi connectivity index (χ0n) is 9.04. The van der Waals surface area contributed by atoms with Gasteiger partial charge in [-0.25, -0.2) is 0 Å². The topological polar surface area (TPSA) is 17.1 Å². The Hall–Kier alpha value is -1.20. The number of carbonyl (C=O) groups excluding carboxylic acids is 1. The van der Waals surface area contributed by atoms with Crippen molar-refractivity contribution in [2.75, 3.05) is 5.75 Å². The fourth-order valence-electron chi connectivity index (χ4n) is 1.22. The van der Waals surface area contributed by atoms with Crippen LogP contribution in [0.1, 0.15) is 25.0 Å². The van der Waals surface area contributed by atoms with Crippen LogP contribution in [-0.4, -0.2) is 10.9 Å². The molecule has 15 heavy (non-hydrogen) atoms. The van der Waals surface area contributed by atoms with Crippen molar-refractivity contribution in [3.05, 3.63) is 35.4 Å². The third kappa shape index (κ3) is 4.22. The predicted molar refractivity (Wildman–Crippen MR) is 65.8 cm³/mol. The Morgan fingerprint density at radius 1 is 1.40 bits per heavy atom. The zero-order valence-corrected chi connectivity index (χ0v) is 9.86. The second kappa shape index (κ2) is 6.31. The van der Waals surface area contributed by atoms with E-state index in [9.17, 15) is 4.79 Å². The van der Waals surface area contributed by atoms with Crippen LogP contribution in [0.15, 0.2) is 24.3 Å². The van der Waals surface area contributed by atoms with E-state index in [1.165, 1.54) is 17.3 Å². The van der Waals surface area contributed by atoms with Gasteiger partial charge in [-0.3, -0.25) is 4.79 Å². The highest BCUT2D eigenvalue weighted by Crippen LogP contribution is 2.07. The molecule has 0 N–H and O–H groups in total. The van der Waals surface area contributed by atoms with Crippen molar-refractivity contribution in [1.29, 1.82) is 0 Å². The molecule has 0 atom stereocenters. The average molecular weight is 218 g/mol. The molecule has 1 aromatic carbocycles. The number of aryl methyl sites for hydroxylation is 1. The Balaban J connectivity index is 2.66. The molecule has 0 saturated carbocycles. The SMILES string of the molecule is CCc1ccccc1C#CCSC(C)=O. The Labute approximate surface area is 95.3 Å². The van der Waals surface area contributed by atoms with Gasteiger partial charge in [0.2, 0.25) is 0 Å².